The van der Waals surface area contributed by atoms with Crippen molar-refractivity contribution < 1.29 is 4.79 Å². The first-order chi connectivity index (χ1) is 6.75. The normalized spacial score (nSPS) is 21.9. The fourth-order valence-corrected chi connectivity index (χ4v) is 2.06. The van der Waals surface area contributed by atoms with E-state index in [0.717, 1.165) is 6.42 Å². The number of ketones is 1. The fourth-order valence-electron chi connectivity index (χ4n) is 2.06. The number of hydrogen-bond donors (Lipinski definition) is 0. The number of carbonyl (C=O) groups excluding carboxylic acids is 1. The second kappa shape index (κ2) is 3.79. The van der Waals surface area contributed by atoms with E-state index in [1.165, 1.54) is 11.1 Å². The molecule has 1 heteroatoms. The van der Waals surface area contributed by atoms with Crippen molar-refractivity contribution in [2.75, 3.05) is 0 Å². The maximum absolute atomic E-state index is 11.4. The van der Waals surface area contributed by atoms with Gasteiger partial charge in [0.05, 0.1) is 0 Å². The highest BCUT2D eigenvalue weighted by Gasteiger charge is 2.19. The van der Waals surface area contributed by atoms with Gasteiger partial charge in [-0.15, -0.1) is 0 Å². The molecule has 1 aliphatic rings. The summed E-state index contributed by atoms with van der Waals surface area (Å²) in [6.45, 7) is 2.03. The van der Waals surface area contributed by atoms with Gasteiger partial charge in [-0.3, -0.25) is 4.79 Å². The minimum absolute atomic E-state index is 0.266. The second-order valence-electron chi connectivity index (χ2n) is 3.97. The molecule has 1 atom stereocenters. The molecular formula is C13H14O. The SMILES string of the molecule is CC1=CC(=O)C[C@@H](c2ccccc2)C1. The summed E-state index contributed by atoms with van der Waals surface area (Å²) >= 11 is 0. The van der Waals surface area contributed by atoms with Crippen LogP contribution >= 0.6 is 0 Å². The van der Waals surface area contributed by atoms with Gasteiger partial charge in [0.25, 0.3) is 0 Å². The average Bonchev–Trinajstić information content (AvgIpc) is 2.18. The first kappa shape index (κ1) is 9.20. The average molecular weight is 186 g/mol. The predicted octanol–water partition coefficient (Wildman–Crippen LogP) is 3.08. The molecule has 14 heavy (non-hydrogen) atoms. The third kappa shape index (κ3) is 1.92. The van der Waals surface area contributed by atoms with Crippen molar-refractivity contribution in [2.45, 2.75) is 25.7 Å². The minimum Gasteiger partial charge on any atom is -0.295 e. The zero-order chi connectivity index (χ0) is 9.97. The Labute approximate surface area is 84.5 Å². The minimum atomic E-state index is 0.266. The monoisotopic (exact) mass is 186 g/mol. The summed E-state index contributed by atoms with van der Waals surface area (Å²) in [5.74, 6) is 0.663. The summed E-state index contributed by atoms with van der Waals surface area (Å²) in [7, 11) is 0. The molecule has 0 fully saturated rings. The van der Waals surface area contributed by atoms with Gasteiger partial charge < -0.3 is 0 Å². The summed E-state index contributed by atoms with van der Waals surface area (Å²) in [5.41, 5.74) is 2.49. The summed E-state index contributed by atoms with van der Waals surface area (Å²) in [4.78, 5) is 11.4. The summed E-state index contributed by atoms with van der Waals surface area (Å²) in [5, 5.41) is 0. The van der Waals surface area contributed by atoms with Crippen molar-refractivity contribution in [3.8, 4) is 0 Å². The van der Waals surface area contributed by atoms with Crippen LogP contribution < -0.4 is 0 Å². The fraction of sp³-hybridized carbons (Fsp3) is 0.308. The van der Waals surface area contributed by atoms with Gasteiger partial charge in [0, 0.05) is 6.42 Å². The van der Waals surface area contributed by atoms with Gasteiger partial charge >= 0.3 is 0 Å². The Bertz CT molecular complexity index is 362. The Morgan fingerprint density at radius 2 is 1.86 bits per heavy atom. The molecule has 0 heterocycles. The molecule has 0 unspecified atom stereocenters. The molecule has 1 nitrogen and oxygen atoms in total. The molecule has 0 bridgehead atoms. The van der Waals surface area contributed by atoms with E-state index in [2.05, 4.69) is 12.1 Å². The van der Waals surface area contributed by atoms with E-state index >= 15 is 0 Å². The lowest BCUT2D eigenvalue weighted by atomic mass is 9.84. The molecule has 0 aromatic heterocycles. The quantitative estimate of drug-likeness (QED) is 0.658. The molecular weight excluding hydrogens is 172 g/mol. The molecule has 1 aliphatic carbocycles. The van der Waals surface area contributed by atoms with Crippen LogP contribution in [0.25, 0.3) is 0 Å². The third-order valence-corrected chi connectivity index (χ3v) is 2.69. The zero-order valence-electron chi connectivity index (χ0n) is 8.36. The van der Waals surface area contributed by atoms with Crippen LogP contribution in [0.4, 0.5) is 0 Å². The Morgan fingerprint density at radius 1 is 1.14 bits per heavy atom. The molecule has 0 aliphatic heterocycles. The van der Waals surface area contributed by atoms with Crippen LogP contribution in [-0.4, -0.2) is 5.78 Å². The van der Waals surface area contributed by atoms with Crippen molar-refractivity contribution in [3.05, 3.63) is 47.5 Å². The van der Waals surface area contributed by atoms with E-state index in [9.17, 15) is 4.79 Å². The molecule has 1 aromatic rings. The van der Waals surface area contributed by atoms with Crippen LogP contribution in [0.2, 0.25) is 0 Å². The topological polar surface area (TPSA) is 17.1 Å². The van der Waals surface area contributed by atoms with Crippen molar-refractivity contribution in [2.24, 2.45) is 0 Å². The van der Waals surface area contributed by atoms with Crippen molar-refractivity contribution in [3.63, 3.8) is 0 Å². The van der Waals surface area contributed by atoms with E-state index in [0.29, 0.717) is 12.3 Å². The number of hydrogen-bond acceptors (Lipinski definition) is 1. The van der Waals surface area contributed by atoms with Crippen LogP contribution in [-0.2, 0) is 4.79 Å². The van der Waals surface area contributed by atoms with Gasteiger partial charge in [-0.1, -0.05) is 35.9 Å². The van der Waals surface area contributed by atoms with Gasteiger partial charge in [0.2, 0.25) is 0 Å². The maximum atomic E-state index is 11.4. The van der Waals surface area contributed by atoms with E-state index in [1.54, 1.807) is 6.08 Å². The summed E-state index contributed by atoms with van der Waals surface area (Å²) in [6.07, 6.45) is 3.47. The van der Waals surface area contributed by atoms with Crippen LogP contribution in [0.5, 0.6) is 0 Å². The van der Waals surface area contributed by atoms with Gasteiger partial charge in [-0.2, -0.15) is 0 Å². The highest BCUT2D eigenvalue weighted by molar-refractivity contribution is 5.91. The number of benzene rings is 1. The lowest BCUT2D eigenvalue weighted by molar-refractivity contribution is -0.115. The number of allylic oxidation sites excluding steroid dienone is 2. The largest absolute Gasteiger partial charge is 0.295 e. The van der Waals surface area contributed by atoms with Crippen molar-refractivity contribution in [1.82, 2.24) is 0 Å². The molecule has 1 aromatic carbocycles. The molecule has 0 saturated heterocycles. The third-order valence-electron chi connectivity index (χ3n) is 2.69. The molecule has 72 valence electrons. The number of rotatable bonds is 1. The Kier molecular flexibility index (Phi) is 2.49. The Balaban J connectivity index is 2.22. The van der Waals surface area contributed by atoms with Crippen molar-refractivity contribution >= 4 is 5.78 Å². The molecule has 2 rings (SSSR count). The summed E-state index contributed by atoms with van der Waals surface area (Å²) < 4.78 is 0. The van der Waals surface area contributed by atoms with Gasteiger partial charge in [-0.05, 0) is 30.9 Å². The van der Waals surface area contributed by atoms with E-state index in [4.69, 9.17) is 0 Å². The highest BCUT2D eigenvalue weighted by Crippen LogP contribution is 2.30. The van der Waals surface area contributed by atoms with Gasteiger partial charge in [-0.25, -0.2) is 0 Å². The van der Waals surface area contributed by atoms with Crippen LogP contribution in [0.1, 0.15) is 31.2 Å². The summed E-state index contributed by atoms with van der Waals surface area (Å²) in [6, 6.07) is 10.3. The standard InChI is InChI=1S/C13H14O/c1-10-7-12(9-13(14)8-10)11-5-3-2-4-6-11/h2-6,8,12H,7,9H2,1H3/t12-/m0/s1. The predicted molar refractivity (Wildman–Crippen MR) is 57.2 cm³/mol. The van der Waals surface area contributed by atoms with Crippen LogP contribution in [0.3, 0.4) is 0 Å². The van der Waals surface area contributed by atoms with Gasteiger partial charge in [0.15, 0.2) is 5.78 Å². The smallest absolute Gasteiger partial charge is 0.156 e. The highest BCUT2D eigenvalue weighted by atomic mass is 16.1. The molecule has 0 spiro atoms. The molecule has 0 amide bonds. The molecule has 0 N–H and O–H groups in total. The Hall–Kier alpha value is -1.37. The zero-order valence-corrected chi connectivity index (χ0v) is 8.36. The lowest BCUT2D eigenvalue weighted by Gasteiger charge is -2.20. The van der Waals surface area contributed by atoms with E-state index in [1.807, 2.05) is 25.1 Å². The maximum Gasteiger partial charge on any atom is 0.156 e. The van der Waals surface area contributed by atoms with Crippen LogP contribution in [0, 0.1) is 0 Å². The van der Waals surface area contributed by atoms with Crippen molar-refractivity contribution in [1.29, 1.82) is 0 Å². The lowest BCUT2D eigenvalue weighted by Crippen LogP contribution is -2.11. The molecule has 0 saturated carbocycles. The van der Waals surface area contributed by atoms with E-state index in [-0.39, 0.29) is 5.78 Å². The Morgan fingerprint density at radius 3 is 2.50 bits per heavy atom. The first-order valence-corrected chi connectivity index (χ1v) is 5.00. The van der Waals surface area contributed by atoms with Gasteiger partial charge in [0.1, 0.15) is 0 Å². The molecule has 0 radical (unpaired) electrons. The number of carbonyl (C=O) groups is 1. The second-order valence-corrected chi connectivity index (χ2v) is 3.97. The van der Waals surface area contributed by atoms with E-state index < -0.39 is 0 Å². The first-order valence-electron chi connectivity index (χ1n) is 5.00. The van der Waals surface area contributed by atoms with Crippen LogP contribution in [0.15, 0.2) is 42.0 Å².